The highest BCUT2D eigenvalue weighted by Gasteiger charge is 2.30. The van der Waals surface area contributed by atoms with Gasteiger partial charge < -0.3 is 19.9 Å². The van der Waals surface area contributed by atoms with Crippen molar-refractivity contribution in [3.05, 3.63) is 24.3 Å². The Bertz CT molecular complexity index is 659. The van der Waals surface area contributed by atoms with E-state index in [4.69, 9.17) is 4.74 Å². The second kappa shape index (κ2) is 7.98. The third-order valence-corrected chi connectivity index (χ3v) is 5.36. The first kappa shape index (κ1) is 18.5. The molecule has 1 N–H and O–H groups in total. The maximum atomic E-state index is 12.6. The molecule has 0 unspecified atom stereocenters. The van der Waals surface area contributed by atoms with E-state index < -0.39 is 6.04 Å². The number of hydrogen-bond donors (Lipinski definition) is 1. The fourth-order valence-corrected chi connectivity index (χ4v) is 3.56. The Hall–Kier alpha value is -2.24. The predicted molar refractivity (Wildman–Crippen MR) is 101 cm³/mol. The Morgan fingerprint density at radius 3 is 2.73 bits per heavy atom. The highest BCUT2D eigenvalue weighted by molar-refractivity contribution is 5.88. The summed E-state index contributed by atoms with van der Waals surface area (Å²) in [6, 6.07) is 7.48. The summed E-state index contributed by atoms with van der Waals surface area (Å²) in [7, 11) is 1.77. The number of anilines is 1. The minimum absolute atomic E-state index is 0.00509. The first-order valence-electron chi connectivity index (χ1n) is 9.55. The van der Waals surface area contributed by atoms with Gasteiger partial charge in [0.15, 0.2) is 0 Å². The van der Waals surface area contributed by atoms with Crippen molar-refractivity contribution in [1.82, 2.24) is 10.2 Å². The quantitative estimate of drug-likeness (QED) is 0.844. The topological polar surface area (TPSA) is 61.9 Å². The number of fused-ring (bicyclic) bond motifs is 1. The molecule has 1 saturated carbocycles. The van der Waals surface area contributed by atoms with Gasteiger partial charge in [0.25, 0.3) is 0 Å². The molecule has 0 radical (unpaired) electrons. The zero-order valence-corrected chi connectivity index (χ0v) is 15.9. The normalized spacial score (nSPS) is 20.4. The lowest BCUT2D eigenvalue weighted by Crippen LogP contribution is -2.52. The lowest BCUT2D eigenvalue weighted by Gasteiger charge is -2.37. The van der Waals surface area contributed by atoms with E-state index in [0.29, 0.717) is 6.54 Å². The number of nitrogens with zero attached hydrogens (tertiary/aromatic N) is 2. The van der Waals surface area contributed by atoms with Gasteiger partial charge in [0.2, 0.25) is 11.8 Å². The molecule has 1 fully saturated rings. The van der Waals surface area contributed by atoms with Crippen LogP contribution in [0.2, 0.25) is 0 Å². The fourth-order valence-electron chi connectivity index (χ4n) is 3.56. The van der Waals surface area contributed by atoms with Crippen LogP contribution in [0.25, 0.3) is 0 Å². The number of ether oxygens (including phenoxy) is 1. The van der Waals surface area contributed by atoms with Gasteiger partial charge in [0, 0.05) is 19.5 Å². The minimum atomic E-state index is -0.508. The zero-order chi connectivity index (χ0) is 18.7. The first-order chi connectivity index (χ1) is 12.5. The van der Waals surface area contributed by atoms with Crippen molar-refractivity contribution in [2.75, 3.05) is 31.6 Å². The van der Waals surface area contributed by atoms with E-state index in [9.17, 15) is 9.59 Å². The van der Waals surface area contributed by atoms with Gasteiger partial charge in [0.05, 0.1) is 18.8 Å². The van der Waals surface area contributed by atoms with Crippen LogP contribution in [0.5, 0.6) is 5.75 Å². The molecular weight excluding hydrogens is 330 g/mol. The van der Waals surface area contributed by atoms with Crippen LogP contribution < -0.4 is 15.0 Å². The Balaban J connectivity index is 1.56. The van der Waals surface area contributed by atoms with Crippen LogP contribution in [0.1, 0.15) is 33.1 Å². The maximum Gasteiger partial charge on any atom is 0.244 e. The van der Waals surface area contributed by atoms with Crippen LogP contribution in [0, 0.1) is 5.92 Å². The Morgan fingerprint density at radius 2 is 2.08 bits per heavy atom. The molecule has 26 heavy (non-hydrogen) atoms. The standard InChI is InChI=1S/C20H29N3O3/c1-4-23-13-16(26-18-11-6-5-10-17(18)23)12-22(3)20(25)14(2)21-19(24)15-8-7-9-15/h5-6,10-11,14-16H,4,7-9,12-13H2,1-3H3,(H,21,24)/t14-,16-/m1/s1. The molecule has 1 heterocycles. The molecule has 1 aromatic carbocycles. The molecule has 0 saturated heterocycles. The molecule has 6 heteroatoms. The summed E-state index contributed by atoms with van der Waals surface area (Å²) in [5.41, 5.74) is 1.10. The number of carbonyl (C=O) groups is 2. The molecule has 0 bridgehead atoms. The molecule has 1 aliphatic carbocycles. The third kappa shape index (κ3) is 3.94. The van der Waals surface area contributed by atoms with E-state index in [0.717, 1.165) is 43.8 Å². The van der Waals surface area contributed by atoms with E-state index in [1.807, 2.05) is 18.2 Å². The van der Waals surface area contributed by atoms with Crippen molar-refractivity contribution in [3.8, 4) is 5.75 Å². The molecule has 6 nitrogen and oxygen atoms in total. The zero-order valence-electron chi connectivity index (χ0n) is 15.9. The summed E-state index contributed by atoms with van der Waals surface area (Å²) in [6.07, 6.45) is 2.89. The van der Waals surface area contributed by atoms with Crippen LogP contribution in [-0.2, 0) is 9.59 Å². The highest BCUT2D eigenvalue weighted by Crippen LogP contribution is 2.32. The first-order valence-corrected chi connectivity index (χ1v) is 9.55. The van der Waals surface area contributed by atoms with Crippen molar-refractivity contribution in [3.63, 3.8) is 0 Å². The number of carbonyl (C=O) groups excluding carboxylic acids is 2. The van der Waals surface area contributed by atoms with Gasteiger partial charge in [-0.2, -0.15) is 0 Å². The second-order valence-corrected chi connectivity index (χ2v) is 7.32. The molecule has 2 amide bonds. The van der Waals surface area contributed by atoms with E-state index in [1.165, 1.54) is 0 Å². The maximum absolute atomic E-state index is 12.6. The summed E-state index contributed by atoms with van der Waals surface area (Å²) in [4.78, 5) is 28.6. The van der Waals surface area contributed by atoms with Crippen LogP contribution in [0.4, 0.5) is 5.69 Å². The van der Waals surface area contributed by atoms with Crippen molar-refractivity contribution < 1.29 is 14.3 Å². The van der Waals surface area contributed by atoms with Gasteiger partial charge in [-0.25, -0.2) is 0 Å². The number of para-hydroxylation sites is 2. The lowest BCUT2D eigenvalue weighted by molar-refractivity contribution is -0.137. The summed E-state index contributed by atoms with van der Waals surface area (Å²) in [5.74, 6) is 0.873. The summed E-state index contributed by atoms with van der Waals surface area (Å²) in [6.45, 7) is 6.00. The number of hydrogen-bond acceptors (Lipinski definition) is 4. The fraction of sp³-hybridized carbons (Fsp3) is 0.600. The minimum Gasteiger partial charge on any atom is -0.485 e. The Labute approximate surface area is 155 Å². The number of amides is 2. The van der Waals surface area contributed by atoms with Crippen molar-refractivity contribution in [2.24, 2.45) is 5.92 Å². The molecule has 2 aliphatic rings. The third-order valence-electron chi connectivity index (χ3n) is 5.36. The predicted octanol–water partition coefficient (Wildman–Crippen LogP) is 2.04. The molecule has 0 aromatic heterocycles. The molecule has 1 aromatic rings. The average Bonchev–Trinajstić information content (AvgIpc) is 2.58. The Morgan fingerprint density at radius 1 is 1.35 bits per heavy atom. The largest absolute Gasteiger partial charge is 0.485 e. The summed E-state index contributed by atoms with van der Waals surface area (Å²) in [5, 5.41) is 2.85. The van der Waals surface area contributed by atoms with Gasteiger partial charge in [-0.05, 0) is 38.8 Å². The molecule has 3 rings (SSSR count). The molecule has 0 spiro atoms. The summed E-state index contributed by atoms with van der Waals surface area (Å²) >= 11 is 0. The Kier molecular flexibility index (Phi) is 5.69. The van der Waals surface area contributed by atoms with E-state index in [-0.39, 0.29) is 23.8 Å². The number of benzene rings is 1. The summed E-state index contributed by atoms with van der Waals surface area (Å²) < 4.78 is 6.09. The van der Waals surface area contributed by atoms with Crippen molar-refractivity contribution in [1.29, 1.82) is 0 Å². The highest BCUT2D eigenvalue weighted by atomic mass is 16.5. The van der Waals surface area contributed by atoms with Gasteiger partial charge in [-0.1, -0.05) is 18.6 Å². The van der Waals surface area contributed by atoms with Crippen LogP contribution in [-0.4, -0.2) is 55.5 Å². The van der Waals surface area contributed by atoms with Crippen LogP contribution in [0.3, 0.4) is 0 Å². The number of rotatable bonds is 6. The van der Waals surface area contributed by atoms with Gasteiger partial charge in [-0.3, -0.25) is 9.59 Å². The van der Waals surface area contributed by atoms with Crippen LogP contribution in [0.15, 0.2) is 24.3 Å². The average molecular weight is 359 g/mol. The molecule has 1 aliphatic heterocycles. The number of nitrogens with one attached hydrogen (secondary N) is 1. The van der Waals surface area contributed by atoms with Gasteiger partial charge in [-0.15, -0.1) is 0 Å². The molecule has 142 valence electrons. The van der Waals surface area contributed by atoms with E-state index in [1.54, 1.807) is 18.9 Å². The second-order valence-electron chi connectivity index (χ2n) is 7.32. The smallest absolute Gasteiger partial charge is 0.244 e. The lowest BCUT2D eigenvalue weighted by atomic mass is 9.84. The van der Waals surface area contributed by atoms with Gasteiger partial charge >= 0.3 is 0 Å². The van der Waals surface area contributed by atoms with Crippen molar-refractivity contribution in [2.45, 2.75) is 45.3 Å². The monoisotopic (exact) mass is 359 g/mol. The van der Waals surface area contributed by atoms with E-state index >= 15 is 0 Å². The van der Waals surface area contributed by atoms with Gasteiger partial charge in [0.1, 0.15) is 17.9 Å². The van der Waals surface area contributed by atoms with E-state index in [2.05, 4.69) is 23.2 Å². The SMILES string of the molecule is CCN1C[C@@H](CN(C)C(=O)[C@@H](C)NC(=O)C2CCC2)Oc2ccccc21. The molecular formula is C20H29N3O3. The van der Waals surface area contributed by atoms with Crippen LogP contribution >= 0.6 is 0 Å². The molecule has 2 atom stereocenters. The number of likely N-dealkylation sites (N-methyl/N-ethyl adjacent to an activating group) is 2. The van der Waals surface area contributed by atoms with Crippen molar-refractivity contribution >= 4 is 17.5 Å².